The largest absolute Gasteiger partial charge is 0.496 e. The predicted molar refractivity (Wildman–Crippen MR) is 116 cm³/mol. The highest BCUT2D eigenvalue weighted by molar-refractivity contribution is 6.03. The molecule has 13 heteroatoms. The molecule has 0 spiro atoms. The van der Waals surface area contributed by atoms with Crippen molar-refractivity contribution in [1.82, 2.24) is 0 Å². The van der Waals surface area contributed by atoms with Gasteiger partial charge in [-0.2, -0.15) is 22.0 Å². The third-order valence-corrected chi connectivity index (χ3v) is 4.51. The molecule has 2 aromatic rings. The summed E-state index contributed by atoms with van der Waals surface area (Å²) in [5, 5.41) is 3.87. The molecule has 8 nitrogen and oxygen atoms in total. The first kappa shape index (κ1) is 27.2. The molecule has 0 heterocycles. The molecule has 0 unspecified atom stereocenters. The molecule has 2 N–H and O–H groups in total. The number of rotatable bonds is 9. The van der Waals surface area contributed by atoms with Gasteiger partial charge < -0.3 is 29.6 Å². The van der Waals surface area contributed by atoms with E-state index < -0.39 is 29.6 Å². The van der Waals surface area contributed by atoms with Crippen LogP contribution in [0.25, 0.3) is 6.08 Å². The minimum Gasteiger partial charge on any atom is -0.496 e. The summed E-state index contributed by atoms with van der Waals surface area (Å²) in [6.07, 6.45) is -3.61. The van der Waals surface area contributed by atoms with Gasteiger partial charge in [-0.3, -0.25) is 9.59 Å². The molecule has 0 atom stereocenters. The summed E-state index contributed by atoms with van der Waals surface area (Å²) in [6, 6.07) is 6.54. The maximum absolute atomic E-state index is 13.3. The number of nitrogens with one attached hydrogen (secondary N) is 2. The molecule has 0 bridgehead atoms. The normalized spacial score (nSPS) is 11.7. The Morgan fingerprint density at radius 3 is 1.86 bits per heavy atom. The summed E-state index contributed by atoms with van der Waals surface area (Å²) in [4.78, 5) is 23.9. The first-order valence-corrected chi connectivity index (χ1v) is 9.61. The van der Waals surface area contributed by atoms with Crippen LogP contribution in [-0.2, 0) is 9.59 Å². The van der Waals surface area contributed by atoms with Gasteiger partial charge in [-0.1, -0.05) is 0 Å². The summed E-state index contributed by atoms with van der Waals surface area (Å²) in [5.74, 6) is -8.04. The van der Waals surface area contributed by atoms with Crippen LogP contribution in [0.1, 0.15) is 5.56 Å². The molecule has 0 aliphatic rings. The Morgan fingerprint density at radius 1 is 0.800 bits per heavy atom. The molecule has 2 rings (SSSR count). The first-order chi connectivity index (χ1) is 16.4. The van der Waals surface area contributed by atoms with E-state index in [1.165, 1.54) is 38.8 Å². The van der Waals surface area contributed by atoms with Crippen molar-refractivity contribution in [1.29, 1.82) is 0 Å². The third kappa shape index (κ3) is 6.31. The van der Waals surface area contributed by atoms with Crippen LogP contribution >= 0.6 is 0 Å². The van der Waals surface area contributed by atoms with Gasteiger partial charge in [-0.05, 0) is 24.3 Å². The van der Waals surface area contributed by atoms with Gasteiger partial charge in [0, 0.05) is 23.9 Å². The lowest BCUT2D eigenvalue weighted by molar-refractivity contribution is -0.267. The monoisotopic (exact) mass is 504 g/mol. The van der Waals surface area contributed by atoms with Crippen molar-refractivity contribution in [2.24, 2.45) is 0 Å². The highest BCUT2D eigenvalue weighted by Gasteiger charge is 2.63. The van der Waals surface area contributed by atoms with Crippen molar-refractivity contribution >= 4 is 29.3 Å². The second-order valence-electron chi connectivity index (χ2n) is 6.71. The van der Waals surface area contributed by atoms with Gasteiger partial charge in [0.15, 0.2) is 0 Å². The lowest BCUT2D eigenvalue weighted by Crippen LogP contribution is -2.47. The second-order valence-corrected chi connectivity index (χ2v) is 6.71. The number of methoxy groups -OCH3 is 4. The SMILES string of the molecule is COc1cc(OC)c(/C=C/C(=O)Nc2ccc(OC)c(NC(=O)C(F)(F)C(F)(F)F)c2)c(OC)c1. The minimum absolute atomic E-state index is 0.0280. The molecule has 0 aliphatic heterocycles. The molecule has 0 fully saturated rings. The number of alkyl halides is 5. The first-order valence-electron chi connectivity index (χ1n) is 9.61. The van der Waals surface area contributed by atoms with E-state index in [0.717, 1.165) is 25.3 Å². The molecule has 0 aromatic heterocycles. The van der Waals surface area contributed by atoms with Crippen molar-refractivity contribution in [3.8, 4) is 23.0 Å². The quantitative estimate of drug-likeness (QED) is 0.386. The molecule has 0 saturated heterocycles. The predicted octanol–water partition coefficient (Wildman–Crippen LogP) is 4.51. The van der Waals surface area contributed by atoms with Gasteiger partial charge in [0.25, 0.3) is 0 Å². The van der Waals surface area contributed by atoms with Crippen molar-refractivity contribution in [2.75, 3.05) is 39.1 Å². The number of hydrogen-bond acceptors (Lipinski definition) is 6. The van der Waals surface area contributed by atoms with Gasteiger partial charge in [0.1, 0.15) is 23.0 Å². The van der Waals surface area contributed by atoms with E-state index in [4.69, 9.17) is 18.9 Å². The zero-order valence-electron chi connectivity index (χ0n) is 18.9. The summed E-state index contributed by atoms with van der Waals surface area (Å²) in [6.45, 7) is 0. The summed E-state index contributed by atoms with van der Waals surface area (Å²) < 4.78 is 84.6. The van der Waals surface area contributed by atoms with Crippen LogP contribution in [0.2, 0.25) is 0 Å². The highest BCUT2D eigenvalue weighted by Crippen LogP contribution is 2.38. The number of amides is 2. The van der Waals surface area contributed by atoms with E-state index in [9.17, 15) is 31.5 Å². The topological polar surface area (TPSA) is 95.1 Å². The highest BCUT2D eigenvalue weighted by atomic mass is 19.4. The average molecular weight is 504 g/mol. The van der Waals surface area contributed by atoms with E-state index in [0.29, 0.717) is 22.8 Å². The fourth-order valence-corrected chi connectivity index (χ4v) is 2.75. The van der Waals surface area contributed by atoms with Gasteiger partial charge in [-0.25, -0.2) is 0 Å². The fourth-order valence-electron chi connectivity index (χ4n) is 2.75. The van der Waals surface area contributed by atoms with Gasteiger partial charge in [0.2, 0.25) is 5.91 Å². The molecule has 190 valence electrons. The fraction of sp³-hybridized carbons (Fsp3) is 0.273. The number of carbonyl (C=O) groups excluding carboxylic acids is 2. The van der Waals surface area contributed by atoms with Gasteiger partial charge >= 0.3 is 18.0 Å². The van der Waals surface area contributed by atoms with Crippen molar-refractivity contribution < 1.29 is 50.5 Å². The average Bonchev–Trinajstić information content (AvgIpc) is 2.81. The Kier molecular flexibility index (Phi) is 8.50. The number of carbonyl (C=O) groups is 2. The van der Waals surface area contributed by atoms with Crippen molar-refractivity contribution in [2.45, 2.75) is 12.1 Å². The number of hydrogen-bond donors (Lipinski definition) is 2. The van der Waals surface area contributed by atoms with E-state index in [2.05, 4.69) is 5.32 Å². The Hall–Kier alpha value is -4.03. The maximum atomic E-state index is 13.3. The zero-order chi connectivity index (χ0) is 26.4. The van der Waals surface area contributed by atoms with E-state index in [1.54, 1.807) is 12.1 Å². The van der Waals surface area contributed by atoms with E-state index in [-0.39, 0.29) is 11.4 Å². The Bertz CT molecular complexity index is 1090. The molecule has 0 saturated carbocycles. The van der Waals surface area contributed by atoms with Crippen LogP contribution in [0, 0.1) is 0 Å². The lowest BCUT2D eigenvalue weighted by atomic mass is 10.1. The molecule has 2 aromatic carbocycles. The number of halogens is 5. The molecular formula is C22H21F5N2O6. The Labute approximate surface area is 196 Å². The molecular weight excluding hydrogens is 483 g/mol. The van der Waals surface area contributed by atoms with Crippen LogP contribution in [0.5, 0.6) is 23.0 Å². The molecule has 0 aliphatic carbocycles. The number of benzene rings is 2. The molecule has 2 amide bonds. The summed E-state index contributed by atoms with van der Waals surface area (Å²) in [5.41, 5.74) is -0.135. The molecule has 0 radical (unpaired) electrons. The Morgan fingerprint density at radius 2 is 1.37 bits per heavy atom. The number of ether oxygens (including phenoxy) is 4. The van der Waals surface area contributed by atoms with Crippen LogP contribution in [-0.4, -0.2) is 52.4 Å². The smallest absolute Gasteiger partial charge is 0.463 e. The summed E-state index contributed by atoms with van der Waals surface area (Å²) in [7, 11) is 5.37. The van der Waals surface area contributed by atoms with Crippen LogP contribution in [0.4, 0.5) is 33.3 Å². The van der Waals surface area contributed by atoms with Crippen LogP contribution in [0.3, 0.4) is 0 Å². The second kappa shape index (κ2) is 10.9. The van der Waals surface area contributed by atoms with Crippen molar-refractivity contribution in [3.05, 3.63) is 42.0 Å². The zero-order valence-corrected chi connectivity index (χ0v) is 18.9. The minimum atomic E-state index is -6.09. The summed E-state index contributed by atoms with van der Waals surface area (Å²) >= 11 is 0. The third-order valence-electron chi connectivity index (χ3n) is 4.51. The maximum Gasteiger partial charge on any atom is 0.463 e. The van der Waals surface area contributed by atoms with Gasteiger partial charge in [0.05, 0.1) is 39.7 Å². The lowest BCUT2D eigenvalue weighted by Gasteiger charge is -2.20. The van der Waals surface area contributed by atoms with Crippen LogP contribution < -0.4 is 29.6 Å². The molecule has 35 heavy (non-hydrogen) atoms. The van der Waals surface area contributed by atoms with Gasteiger partial charge in [-0.15, -0.1) is 0 Å². The van der Waals surface area contributed by atoms with E-state index in [1.807, 2.05) is 0 Å². The van der Waals surface area contributed by atoms with E-state index >= 15 is 0 Å². The Balaban J connectivity index is 2.26. The van der Waals surface area contributed by atoms with Crippen molar-refractivity contribution in [3.63, 3.8) is 0 Å². The van der Waals surface area contributed by atoms with Crippen LogP contribution in [0.15, 0.2) is 36.4 Å². The number of anilines is 2. The standard InChI is InChI=1S/C22H21F5N2O6/c1-32-13-10-17(34-3)14(18(11-13)35-4)6-8-19(30)28-12-5-7-16(33-2)15(9-12)29-20(31)21(23,24)22(25,26)27/h5-11H,1-4H3,(H,28,30)(H,29,31)/b8-6+.